The van der Waals surface area contributed by atoms with E-state index in [-0.39, 0.29) is 5.91 Å². The third-order valence-electron chi connectivity index (χ3n) is 4.28. The molecule has 0 bridgehead atoms. The Labute approximate surface area is 167 Å². The zero-order valence-electron chi connectivity index (χ0n) is 17.5. The third-order valence-corrected chi connectivity index (χ3v) is 4.28. The van der Waals surface area contributed by atoms with Gasteiger partial charge in [0.15, 0.2) is 0 Å². The number of amides is 2. The van der Waals surface area contributed by atoms with Crippen molar-refractivity contribution in [2.45, 2.75) is 52.2 Å². The van der Waals surface area contributed by atoms with Crippen LogP contribution in [-0.2, 0) is 9.53 Å². The minimum atomic E-state index is -0.805. The number of nitrogens with zero attached hydrogens (tertiary/aromatic N) is 1. The van der Waals surface area contributed by atoms with Crippen LogP contribution in [0.4, 0.5) is 10.5 Å². The van der Waals surface area contributed by atoms with Crippen LogP contribution >= 0.6 is 0 Å². The van der Waals surface area contributed by atoms with Gasteiger partial charge in [-0.1, -0.05) is 56.3 Å². The van der Waals surface area contributed by atoms with Crippen molar-refractivity contribution in [3.63, 3.8) is 0 Å². The van der Waals surface area contributed by atoms with Crippen molar-refractivity contribution >= 4 is 17.7 Å². The first-order valence-electron chi connectivity index (χ1n) is 9.50. The van der Waals surface area contributed by atoms with Crippen molar-refractivity contribution in [1.82, 2.24) is 4.90 Å². The van der Waals surface area contributed by atoms with Crippen molar-refractivity contribution in [3.05, 3.63) is 65.7 Å². The molecule has 0 aliphatic heterocycles. The Kier molecular flexibility index (Phi) is 6.84. The predicted molar refractivity (Wildman–Crippen MR) is 112 cm³/mol. The Morgan fingerprint density at radius 3 is 2.00 bits per heavy atom. The highest BCUT2D eigenvalue weighted by molar-refractivity contribution is 5.97. The molecule has 1 unspecified atom stereocenters. The highest BCUT2D eigenvalue weighted by Crippen LogP contribution is 2.24. The van der Waals surface area contributed by atoms with E-state index in [1.807, 2.05) is 54.6 Å². The van der Waals surface area contributed by atoms with Crippen LogP contribution in [0.15, 0.2) is 54.6 Å². The van der Waals surface area contributed by atoms with Crippen molar-refractivity contribution < 1.29 is 14.3 Å². The van der Waals surface area contributed by atoms with Crippen molar-refractivity contribution in [2.75, 3.05) is 12.4 Å². The van der Waals surface area contributed by atoms with E-state index in [0.717, 1.165) is 0 Å². The van der Waals surface area contributed by atoms with Gasteiger partial charge in [-0.2, -0.15) is 0 Å². The molecular formula is C23H30N2O3. The fourth-order valence-electron chi connectivity index (χ4n) is 2.79. The van der Waals surface area contributed by atoms with Gasteiger partial charge in [-0.15, -0.1) is 0 Å². The van der Waals surface area contributed by atoms with Crippen LogP contribution in [0.1, 0.15) is 57.7 Å². The Morgan fingerprint density at radius 2 is 1.50 bits per heavy atom. The number of carbonyl (C=O) groups is 2. The number of ether oxygens (including phenoxy) is 1. The molecule has 2 rings (SSSR count). The number of hydrogen-bond acceptors (Lipinski definition) is 3. The molecule has 2 aromatic carbocycles. The molecule has 0 saturated carbocycles. The number of anilines is 1. The molecule has 0 heterocycles. The molecule has 2 amide bonds. The molecule has 0 radical (unpaired) electrons. The summed E-state index contributed by atoms with van der Waals surface area (Å²) in [4.78, 5) is 27.0. The van der Waals surface area contributed by atoms with Crippen LogP contribution in [0.5, 0.6) is 0 Å². The zero-order chi connectivity index (χ0) is 20.9. The summed E-state index contributed by atoms with van der Waals surface area (Å²) < 4.78 is 5.45. The summed E-state index contributed by atoms with van der Waals surface area (Å²) in [5, 5.41) is 2.92. The van der Waals surface area contributed by atoms with Gasteiger partial charge < -0.3 is 10.1 Å². The molecule has 5 nitrogen and oxygen atoms in total. The van der Waals surface area contributed by atoms with Crippen LogP contribution in [-0.4, -0.2) is 29.5 Å². The molecule has 2 aromatic rings. The van der Waals surface area contributed by atoms with Crippen LogP contribution in [0.3, 0.4) is 0 Å². The standard InChI is InChI=1S/C23H30N2O3/c1-16(2)17-12-14-19(15-13-17)24-21(26)20(18-10-8-7-9-11-18)25(6)22(27)28-23(3,4)5/h7-16,20H,1-6H3,(H,24,26). The van der Waals surface area contributed by atoms with E-state index in [1.54, 1.807) is 27.8 Å². The van der Waals surface area contributed by atoms with E-state index >= 15 is 0 Å². The lowest BCUT2D eigenvalue weighted by atomic mass is 10.0. The quantitative estimate of drug-likeness (QED) is 0.758. The Hall–Kier alpha value is -2.82. The molecule has 0 aliphatic carbocycles. The van der Waals surface area contributed by atoms with Crippen LogP contribution in [0, 0.1) is 0 Å². The first-order chi connectivity index (χ1) is 13.1. The number of benzene rings is 2. The minimum Gasteiger partial charge on any atom is -0.444 e. The zero-order valence-corrected chi connectivity index (χ0v) is 17.5. The maximum atomic E-state index is 13.1. The molecule has 0 fully saturated rings. The average molecular weight is 383 g/mol. The molecule has 28 heavy (non-hydrogen) atoms. The van der Waals surface area contributed by atoms with E-state index in [2.05, 4.69) is 19.2 Å². The van der Waals surface area contributed by atoms with Crippen LogP contribution in [0.25, 0.3) is 0 Å². The fourth-order valence-corrected chi connectivity index (χ4v) is 2.79. The molecule has 1 N–H and O–H groups in total. The summed E-state index contributed by atoms with van der Waals surface area (Å²) in [6, 6.07) is 16.2. The van der Waals surface area contributed by atoms with E-state index in [4.69, 9.17) is 4.74 Å². The third kappa shape index (κ3) is 5.84. The van der Waals surface area contributed by atoms with Crippen molar-refractivity contribution in [2.24, 2.45) is 0 Å². The Morgan fingerprint density at radius 1 is 0.929 bits per heavy atom. The molecule has 0 aliphatic rings. The second-order valence-electron chi connectivity index (χ2n) is 8.17. The second-order valence-corrected chi connectivity index (χ2v) is 8.17. The van der Waals surface area contributed by atoms with Gasteiger partial charge >= 0.3 is 6.09 Å². The van der Waals surface area contributed by atoms with Gasteiger partial charge in [0.25, 0.3) is 5.91 Å². The summed E-state index contributed by atoms with van der Waals surface area (Å²) in [5.74, 6) is 0.122. The van der Waals surface area contributed by atoms with Gasteiger partial charge in [0.1, 0.15) is 11.6 Å². The molecule has 0 aromatic heterocycles. The normalized spacial score (nSPS) is 12.4. The lowest BCUT2D eigenvalue weighted by molar-refractivity contribution is -0.121. The first-order valence-corrected chi connectivity index (χ1v) is 9.50. The fraction of sp³-hybridized carbons (Fsp3) is 0.391. The molecule has 150 valence electrons. The SMILES string of the molecule is CC(C)c1ccc(NC(=O)C(c2ccccc2)N(C)C(=O)OC(C)(C)C)cc1. The Bertz CT molecular complexity index is 793. The smallest absolute Gasteiger partial charge is 0.410 e. The van der Waals surface area contributed by atoms with Gasteiger partial charge in [0.05, 0.1) is 0 Å². The van der Waals surface area contributed by atoms with Crippen molar-refractivity contribution in [3.8, 4) is 0 Å². The monoisotopic (exact) mass is 382 g/mol. The molecule has 0 spiro atoms. The number of nitrogens with one attached hydrogen (secondary N) is 1. The maximum Gasteiger partial charge on any atom is 0.410 e. The van der Waals surface area contributed by atoms with Gasteiger partial charge in [-0.3, -0.25) is 9.69 Å². The highest BCUT2D eigenvalue weighted by atomic mass is 16.6. The lowest BCUT2D eigenvalue weighted by Crippen LogP contribution is -2.41. The van der Waals surface area contributed by atoms with Gasteiger partial charge in [0.2, 0.25) is 0 Å². The van der Waals surface area contributed by atoms with E-state index in [0.29, 0.717) is 17.2 Å². The minimum absolute atomic E-state index is 0.295. The average Bonchev–Trinajstić information content (AvgIpc) is 2.61. The maximum absolute atomic E-state index is 13.1. The predicted octanol–water partition coefficient (Wildman–Crippen LogP) is 5.36. The van der Waals surface area contributed by atoms with Gasteiger partial charge in [-0.25, -0.2) is 4.79 Å². The summed E-state index contributed by atoms with van der Waals surface area (Å²) in [5.41, 5.74) is 1.96. The summed E-state index contributed by atoms with van der Waals surface area (Å²) >= 11 is 0. The van der Waals surface area contributed by atoms with Gasteiger partial charge in [0, 0.05) is 12.7 Å². The van der Waals surface area contributed by atoms with Crippen molar-refractivity contribution in [1.29, 1.82) is 0 Å². The number of likely N-dealkylation sites (N-methyl/N-ethyl adjacent to an activating group) is 1. The highest BCUT2D eigenvalue weighted by Gasteiger charge is 2.31. The molecule has 0 saturated heterocycles. The van der Waals surface area contributed by atoms with E-state index in [9.17, 15) is 9.59 Å². The second kappa shape index (κ2) is 8.91. The topological polar surface area (TPSA) is 58.6 Å². The largest absolute Gasteiger partial charge is 0.444 e. The van der Waals surface area contributed by atoms with E-state index < -0.39 is 17.7 Å². The summed E-state index contributed by atoms with van der Waals surface area (Å²) in [6.07, 6.45) is -0.549. The van der Waals surface area contributed by atoms with E-state index in [1.165, 1.54) is 10.5 Å². The molecule has 5 heteroatoms. The Balaban J connectivity index is 2.26. The van der Waals surface area contributed by atoms with Crippen LogP contribution in [0.2, 0.25) is 0 Å². The molecule has 1 atom stereocenters. The lowest BCUT2D eigenvalue weighted by Gasteiger charge is -2.30. The van der Waals surface area contributed by atoms with Crippen LogP contribution < -0.4 is 5.32 Å². The summed E-state index contributed by atoms with van der Waals surface area (Å²) in [7, 11) is 1.58. The molecular weight excluding hydrogens is 352 g/mol. The van der Waals surface area contributed by atoms with Gasteiger partial charge in [-0.05, 0) is 49.9 Å². The number of hydrogen-bond donors (Lipinski definition) is 1. The number of carbonyl (C=O) groups excluding carboxylic acids is 2. The summed E-state index contributed by atoms with van der Waals surface area (Å²) in [6.45, 7) is 9.63. The first kappa shape index (κ1) is 21.5. The number of rotatable bonds is 5.